The zero-order valence-electron chi connectivity index (χ0n) is 15.4. The molecule has 1 saturated heterocycles. The first-order chi connectivity index (χ1) is 13.0. The lowest BCUT2D eigenvalue weighted by Crippen LogP contribution is -2.44. The number of hydrogen-bond acceptors (Lipinski definition) is 3. The van der Waals surface area contributed by atoms with E-state index in [2.05, 4.69) is 10.6 Å². The van der Waals surface area contributed by atoms with Gasteiger partial charge in [0, 0.05) is 12.2 Å². The molecule has 1 aliphatic rings. The Morgan fingerprint density at radius 2 is 1.93 bits per heavy atom. The summed E-state index contributed by atoms with van der Waals surface area (Å²) < 4.78 is 13.9. The molecule has 5 nitrogen and oxygen atoms in total. The predicted molar refractivity (Wildman–Crippen MR) is 104 cm³/mol. The second kappa shape index (κ2) is 8.77. The minimum absolute atomic E-state index is 0.0316. The first-order valence-electron chi connectivity index (χ1n) is 9.15. The van der Waals surface area contributed by atoms with Crippen molar-refractivity contribution in [3.63, 3.8) is 0 Å². The number of carbonyl (C=O) groups is 2. The van der Waals surface area contributed by atoms with Crippen LogP contribution in [0.4, 0.5) is 15.8 Å². The topological polar surface area (TPSA) is 61.4 Å². The van der Waals surface area contributed by atoms with Crippen molar-refractivity contribution in [3.05, 3.63) is 59.9 Å². The van der Waals surface area contributed by atoms with Gasteiger partial charge < -0.3 is 10.6 Å². The molecule has 3 rings (SSSR count). The van der Waals surface area contributed by atoms with Crippen molar-refractivity contribution in [2.75, 3.05) is 30.3 Å². The third-order valence-electron chi connectivity index (χ3n) is 4.68. The quantitative estimate of drug-likeness (QED) is 0.849. The summed E-state index contributed by atoms with van der Waals surface area (Å²) in [5.41, 5.74) is 1.75. The molecule has 0 bridgehead atoms. The molecule has 2 amide bonds. The molecule has 1 atom stereocenters. The van der Waals surface area contributed by atoms with Gasteiger partial charge in [-0.15, -0.1) is 0 Å². The number of para-hydroxylation sites is 1. The molecule has 0 aliphatic carbocycles. The van der Waals surface area contributed by atoms with Crippen LogP contribution in [0, 0.1) is 18.7 Å². The van der Waals surface area contributed by atoms with Gasteiger partial charge in [-0.2, -0.15) is 0 Å². The van der Waals surface area contributed by atoms with E-state index in [1.54, 1.807) is 19.1 Å². The smallest absolute Gasteiger partial charge is 0.238 e. The number of halogens is 1. The van der Waals surface area contributed by atoms with Gasteiger partial charge in [-0.1, -0.05) is 24.3 Å². The van der Waals surface area contributed by atoms with Gasteiger partial charge in [0.1, 0.15) is 5.82 Å². The van der Waals surface area contributed by atoms with Crippen LogP contribution in [0.25, 0.3) is 0 Å². The molecule has 0 saturated carbocycles. The normalized spacial score (nSPS) is 17.3. The van der Waals surface area contributed by atoms with Gasteiger partial charge in [0.05, 0.1) is 18.2 Å². The Labute approximate surface area is 158 Å². The second-order valence-electron chi connectivity index (χ2n) is 6.96. The highest BCUT2D eigenvalue weighted by molar-refractivity contribution is 5.93. The van der Waals surface area contributed by atoms with E-state index in [9.17, 15) is 14.0 Å². The van der Waals surface area contributed by atoms with Gasteiger partial charge in [-0.3, -0.25) is 14.5 Å². The number of anilines is 2. The summed E-state index contributed by atoms with van der Waals surface area (Å²) in [6.07, 6.45) is 1.64. The standard InChI is InChI=1S/C21H24FN3O2/c1-15-9-10-19(18(22)12-15)24-20(26)14-25-11-5-6-16(13-25)21(27)23-17-7-3-2-4-8-17/h2-4,7-10,12,16H,5-6,11,13-14H2,1H3,(H,23,27)(H,24,26). The van der Waals surface area contributed by atoms with Crippen LogP contribution in [0.3, 0.4) is 0 Å². The van der Waals surface area contributed by atoms with E-state index in [-0.39, 0.29) is 30.0 Å². The van der Waals surface area contributed by atoms with Gasteiger partial charge in [0.25, 0.3) is 0 Å². The fourth-order valence-corrected chi connectivity index (χ4v) is 3.29. The van der Waals surface area contributed by atoms with Crippen LogP contribution in [0.2, 0.25) is 0 Å². The van der Waals surface area contributed by atoms with Gasteiger partial charge in [0.2, 0.25) is 11.8 Å². The van der Waals surface area contributed by atoms with Crippen molar-refractivity contribution in [1.29, 1.82) is 0 Å². The minimum atomic E-state index is -0.442. The Bertz CT molecular complexity index is 810. The van der Waals surface area contributed by atoms with E-state index in [0.717, 1.165) is 30.6 Å². The zero-order chi connectivity index (χ0) is 19.2. The average Bonchev–Trinajstić information content (AvgIpc) is 2.65. The first kappa shape index (κ1) is 19.0. The summed E-state index contributed by atoms with van der Waals surface area (Å²) in [6, 6.07) is 14.0. The SMILES string of the molecule is Cc1ccc(NC(=O)CN2CCCC(C(=O)Nc3ccccc3)C2)c(F)c1. The summed E-state index contributed by atoms with van der Waals surface area (Å²) in [5.74, 6) is -0.914. The van der Waals surface area contributed by atoms with Crippen LogP contribution in [0.5, 0.6) is 0 Å². The van der Waals surface area contributed by atoms with E-state index in [1.165, 1.54) is 6.07 Å². The van der Waals surface area contributed by atoms with E-state index < -0.39 is 5.82 Å². The molecule has 6 heteroatoms. The maximum atomic E-state index is 13.9. The molecular formula is C21H24FN3O2. The van der Waals surface area contributed by atoms with Crippen molar-refractivity contribution in [2.24, 2.45) is 5.92 Å². The molecule has 0 aromatic heterocycles. The van der Waals surface area contributed by atoms with Gasteiger partial charge in [0.15, 0.2) is 0 Å². The zero-order valence-corrected chi connectivity index (χ0v) is 15.4. The molecule has 2 aromatic rings. The third kappa shape index (κ3) is 5.37. The van der Waals surface area contributed by atoms with Crippen LogP contribution in [0.1, 0.15) is 18.4 Å². The summed E-state index contributed by atoms with van der Waals surface area (Å²) in [6.45, 7) is 3.20. The number of nitrogens with one attached hydrogen (secondary N) is 2. The van der Waals surface area contributed by atoms with E-state index in [1.807, 2.05) is 35.2 Å². The van der Waals surface area contributed by atoms with Crippen LogP contribution in [0.15, 0.2) is 48.5 Å². The average molecular weight is 369 g/mol. The Morgan fingerprint density at radius 3 is 2.67 bits per heavy atom. The number of nitrogens with zero attached hydrogens (tertiary/aromatic N) is 1. The lowest BCUT2D eigenvalue weighted by Gasteiger charge is -2.31. The van der Waals surface area contributed by atoms with E-state index >= 15 is 0 Å². The molecule has 27 heavy (non-hydrogen) atoms. The summed E-state index contributed by atoms with van der Waals surface area (Å²) >= 11 is 0. The van der Waals surface area contributed by atoms with Crippen LogP contribution >= 0.6 is 0 Å². The minimum Gasteiger partial charge on any atom is -0.326 e. The number of benzene rings is 2. The van der Waals surface area contributed by atoms with Gasteiger partial charge in [-0.05, 0) is 56.1 Å². The van der Waals surface area contributed by atoms with E-state index in [4.69, 9.17) is 0 Å². The molecule has 2 N–H and O–H groups in total. The lowest BCUT2D eigenvalue weighted by molar-refractivity contribution is -0.123. The first-order valence-corrected chi connectivity index (χ1v) is 9.15. The fourth-order valence-electron chi connectivity index (χ4n) is 3.29. The predicted octanol–water partition coefficient (Wildman–Crippen LogP) is 3.42. The number of amides is 2. The Morgan fingerprint density at radius 1 is 1.15 bits per heavy atom. The number of hydrogen-bond donors (Lipinski definition) is 2. The molecule has 1 aliphatic heterocycles. The maximum absolute atomic E-state index is 13.9. The monoisotopic (exact) mass is 369 g/mol. The van der Waals surface area contributed by atoms with Crippen LogP contribution in [-0.4, -0.2) is 36.3 Å². The van der Waals surface area contributed by atoms with Crippen molar-refractivity contribution in [3.8, 4) is 0 Å². The van der Waals surface area contributed by atoms with Gasteiger partial charge >= 0.3 is 0 Å². The van der Waals surface area contributed by atoms with Crippen molar-refractivity contribution in [1.82, 2.24) is 4.90 Å². The molecule has 1 heterocycles. The number of likely N-dealkylation sites (tertiary alicyclic amines) is 1. The van der Waals surface area contributed by atoms with Crippen molar-refractivity contribution < 1.29 is 14.0 Å². The summed E-state index contributed by atoms with van der Waals surface area (Å²) in [7, 11) is 0. The van der Waals surface area contributed by atoms with Gasteiger partial charge in [-0.25, -0.2) is 4.39 Å². The third-order valence-corrected chi connectivity index (χ3v) is 4.68. The maximum Gasteiger partial charge on any atom is 0.238 e. The second-order valence-corrected chi connectivity index (χ2v) is 6.96. The molecule has 1 unspecified atom stereocenters. The van der Waals surface area contributed by atoms with Crippen LogP contribution < -0.4 is 10.6 Å². The highest BCUT2D eigenvalue weighted by atomic mass is 19.1. The summed E-state index contributed by atoms with van der Waals surface area (Å²) in [4.78, 5) is 26.7. The lowest BCUT2D eigenvalue weighted by atomic mass is 9.97. The molecular weight excluding hydrogens is 345 g/mol. The number of piperidine rings is 1. The number of carbonyl (C=O) groups excluding carboxylic acids is 2. The Hall–Kier alpha value is -2.73. The van der Waals surface area contributed by atoms with Crippen molar-refractivity contribution >= 4 is 23.2 Å². The summed E-state index contributed by atoms with van der Waals surface area (Å²) in [5, 5.41) is 5.53. The van der Waals surface area contributed by atoms with Crippen molar-refractivity contribution in [2.45, 2.75) is 19.8 Å². The largest absolute Gasteiger partial charge is 0.326 e. The Balaban J connectivity index is 1.53. The van der Waals surface area contributed by atoms with E-state index in [0.29, 0.717) is 6.54 Å². The number of aryl methyl sites for hydroxylation is 1. The number of rotatable bonds is 5. The molecule has 1 fully saturated rings. The molecule has 0 spiro atoms. The highest BCUT2D eigenvalue weighted by Crippen LogP contribution is 2.19. The molecule has 142 valence electrons. The molecule has 0 radical (unpaired) electrons. The highest BCUT2D eigenvalue weighted by Gasteiger charge is 2.27. The Kier molecular flexibility index (Phi) is 6.19. The van der Waals surface area contributed by atoms with Crippen LogP contribution in [-0.2, 0) is 9.59 Å². The fraction of sp³-hybridized carbons (Fsp3) is 0.333. The molecule has 2 aromatic carbocycles.